The van der Waals surface area contributed by atoms with Crippen molar-refractivity contribution in [2.24, 2.45) is 5.84 Å². The fourth-order valence-electron chi connectivity index (χ4n) is 0.686. The molecule has 0 aromatic heterocycles. The van der Waals surface area contributed by atoms with Crippen molar-refractivity contribution in [3.63, 3.8) is 0 Å². The van der Waals surface area contributed by atoms with E-state index in [1.165, 1.54) is 0 Å². The Balaban J connectivity index is 3.71. The largest absolute Gasteiger partial charge is 0.500 e. The SMILES string of the molecule is CC/C=C(\CN(C)N)OC. The van der Waals surface area contributed by atoms with Gasteiger partial charge in [0.05, 0.1) is 13.7 Å². The molecule has 0 bridgehead atoms. The maximum absolute atomic E-state index is 5.41. The maximum Gasteiger partial charge on any atom is 0.107 e. The van der Waals surface area contributed by atoms with E-state index < -0.39 is 0 Å². The first-order valence-corrected chi connectivity index (χ1v) is 3.39. The van der Waals surface area contributed by atoms with Crippen LogP contribution in [-0.4, -0.2) is 25.7 Å². The number of hydrazine groups is 1. The van der Waals surface area contributed by atoms with Crippen LogP contribution < -0.4 is 5.84 Å². The van der Waals surface area contributed by atoms with Gasteiger partial charge >= 0.3 is 0 Å². The Hall–Kier alpha value is -0.540. The van der Waals surface area contributed by atoms with Gasteiger partial charge in [-0.2, -0.15) is 0 Å². The van der Waals surface area contributed by atoms with E-state index in [1.54, 1.807) is 12.1 Å². The van der Waals surface area contributed by atoms with Gasteiger partial charge in [0.2, 0.25) is 0 Å². The molecule has 3 nitrogen and oxygen atoms in total. The second kappa shape index (κ2) is 5.26. The van der Waals surface area contributed by atoms with Gasteiger partial charge in [-0.3, -0.25) is 5.84 Å². The number of likely N-dealkylation sites (N-methyl/N-ethyl adjacent to an activating group) is 1. The van der Waals surface area contributed by atoms with E-state index in [0.717, 1.165) is 12.2 Å². The minimum atomic E-state index is 0.671. The highest BCUT2D eigenvalue weighted by atomic mass is 16.5. The molecular weight excluding hydrogens is 128 g/mol. The van der Waals surface area contributed by atoms with Crippen LogP contribution in [0.15, 0.2) is 11.8 Å². The first-order chi connectivity index (χ1) is 4.70. The number of hydrogen-bond acceptors (Lipinski definition) is 3. The second-order valence-electron chi connectivity index (χ2n) is 2.20. The van der Waals surface area contributed by atoms with Gasteiger partial charge in [0.1, 0.15) is 5.76 Å². The van der Waals surface area contributed by atoms with E-state index in [4.69, 9.17) is 10.6 Å². The minimum Gasteiger partial charge on any atom is -0.500 e. The summed E-state index contributed by atoms with van der Waals surface area (Å²) in [6, 6.07) is 0. The van der Waals surface area contributed by atoms with Gasteiger partial charge in [0.25, 0.3) is 0 Å². The van der Waals surface area contributed by atoms with Crippen molar-refractivity contribution in [2.75, 3.05) is 20.7 Å². The number of nitrogens with two attached hydrogens (primary N) is 1. The van der Waals surface area contributed by atoms with Crippen LogP contribution in [0.3, 0.4) is 0 Å². The van der Waals surface area contributed by atoms with Crippen LogP contribution in [0, 0.1) is 0 Å². The van der Waals surface area contributed by atoms with Crippen LogP contribution >= 0.6 is 0 Å². The lowest BCUT2D eigenvalue weighted by atomic mass is 10.4. The molecule has 3 heteroatoms. The van der Waals surface area contributed by atoms with Gasteiger partial charge in [0.15, 0.2) is 0 Å². The predicted octanol–water partition coefficient (Wildman–Crippen LogP) is 0.732. The molecule has 0 amide bonds. The number of ether oxygens (including phenoxy) is 1. The van der Waals surface area contributed by atoms with Crippen LogP contribution in [0.5, 0.6) is 0 Å². The third-order valence-corrected chi connectivity index (χ3v) is 1.10. The van der Waals surface area contributed by atoms with Gasteiger partial charge in [-0.15, -0.1) is 0 Å². The lowest BCUT2D eigenvalue weighted by molar-refractivity contribution is 0.235. The smallest absolute Gasteiger partial charge is 0.107 e. The van der Waals surface area contributed by atoms with Crippen LogP contribution in [0.25, 0.3) is 0 Å². The molecular formula is C7H16N2O. The minimum absolute atomic E-state index is 0.671. The Labute approximate surface area is 62.4 Å². The first-order valence-electron chi connectivity index (χ1n) is 3.39. The fourth-order valence-corrected chi connectivity index (χ4v) is 0.686. The molecule has 0 aliphatic carbocycles. The number of nitrogens with zero attached hydrogens (tertiary/aromatic N) is 1. The Kier molecular flexibility index (Phi) is 4.98. The number of methoxy groups -OCH3 is 1. The summed E-state index contributed by atoms with van der Waals surface area (Å²) in [6.07, 6.45) is 3.00. The average Bonchev–Trinajstić information content (AvgIpc) is 1.86. The zero-order chi connectivity index (χ0) is 7.98. The molecule has 0 aromatic carbocycles. The summed E-state index contributed by atoms with van der Waals surface area (Å²) in [7, 11) is 3.47. The van der Waals surface area contributed by atoms with Crippen molar-refractivity contribution >= 4 is 0 Å². The Morgan fingerprint density at radius 1 is 1.70 bits per heavy atom. The second-order valence-corrected chi connectivity index (χ2v) is 2.20. The van der Waals surface area contributed by atoms with Crippen LogP contribution in [0.2, 0.25) is 0 Å². The topological polar surface area (TPSA) is 38.5 Å². The monoisotopic (exact) mass is 144 g/mol. The van der Waals surface area contributed by atoms with Crippen molar-refractivity contribution in [2.45, 2.75) is 13.3 Å². The Morgan fingerprint density at radius 2 is 2.30 bits per heavy atom. The van der Waals surface area contributed by atoms with Gasteiger partial charge in [-0.05, 0) is 12.5 Å². The highest BCUT2D eigenvalue weighted by Gasteiger charge is 1.95. The van der Waals surface area contributed by atoms with Crippen LogP contribution in [-0.2, 0) is 4.74 Å². The van der Waals surface area contributed by atoms with Crippen molar-refractivity contribution in [1.29, 1.82) is 0 Å². The van der Waals surface area contributed by atoms with Crippen LogP contribution in [0.1, 0.15) is 13.3 Å². The number of hydrogen-bond donors (Lipinski definition) is 1. The first kappa shape index (κ1) is 9.46. The highest BCUT2D eigenvalue weighted by molar-refractivity contribution is 4.93. The van der Waals surface area contributed by atoms with E-state index in [1.807, 2.05) is 13.1 Å². The standard InChI is InChI=1S/C7H16N2O/c1-4-5-7(10-3)6-9(2)8/h5H,4,6,8H2,1-3H3/b7-5+. The van der Waals surface area contributed by atoms with Crippen LogP contribution in [0.4, 0.5) is 0 Å². The number of allylic oxidation sites excluding steroid dienone is 1. The molecule has 60 valence electrons. The van der Waals surface area contributed by atoms with E-state index in [9.17, 15) is 0 Å². The molecule has 0 rings (SSSR count). The third-order valence-electron chi connectivity index (χ3n) is 1.10. The number of rotatable bonds is 4. The molecule has 0 fully saturated rings. The molecule has 0 spiro atoms. The fraction of sp³-hybridized carbons (Fsp3) is 0.714. The van der Waals surface area contributed by atoms with E-state index in [0.29, 0.717) is 6.54 Å². The lowest BCUT2D eigenvalue weighted by Crippen LogP contribution is -2.28. The quantitative estimate of drug-likeness (QED) is 0.359. The molecule has 10 heavy (non-hydrogen) atoms. The van der Waals surface area contributed by atoms with Gasteiger partial charge in [-0.1, -0.05) is 6.92 Å². The normalized spacial score (nSPS) is 12.3. The highest BCUT2D eigenvalue weighted by Crippen LogP contribution is 1.96. The summed E-state index contributed by atoms with van der Waals surface area (Å²) < 4.78 is 5.04. The van der Waals surface area contributed by atoms with Gasteiger partial charge < -0.3 is 4.74 Å². The zero-order valence-electron chi connectivity index (χ0n) is 6.92. The Morgan fingerprint density at radius 3 is 2.60 bits per heavy atom. The average molecular weight is 144 g/mol. The van der Waals surface area contributed by atoms with Crippen molar-refractivity contribution in [1.82, 2.24) is 5.01 Å². The molecule has 0 aliphatic rings. The molecule has 0 heterocycles. The third kappa shape index (κ3) is 4.35. The van der Waals surface area contributed by atoms with Crippen molar-refractivity contribution in [3.8, 4) is 0 Å². The zero-order valence-corrected chi connectivity index (χ0v) is 6.92. The Bertz CT molecular complexity index is 110. The molecule has 2 N–H and O–H groups in total. The molecule has 0 radical (unpaired) electrons. The van der Waals surface area contributed by atoms with Crippen molar-refractivity contribution < 1.29 is 4.74 Å². The summed E-state index contributed by atoms with van der Waals surface area (Å²) in [4.78, 5) is 0. The molecule has 0 saturated carbocycles. The van der Waals surface area contributed by atoms with Crippen molar-refractivity contribution in [3.05, 3.63) is 11.8 Å². The summed E-state index contributed by atoms with van der Waals surface area (Å²) in [5.41, 5.74) is 0. The molecule has 0 aromatic rings. The summed E-state index contributed by atoms with van der Waals surface area (Å²) >= 11 is 0. The van der Waals surface area contributed by atoms with Gasteiger partial charge in [-0.25, -0.2) is 5.01 Å². The molecule has 0 saturated heterocycles. The van der Waals surface area contributed by atoms with E-state index in [-0.39, 0.29) is 0 Å². The maximum atomic E-state index is 5.41. The van der Waals surface area contributed by atoms with E-state index >= 15 is 0 Å². The van der Waals surface area contributed by atoms with E-state index in [2.05, 4.69) is 6.92 Å². The summed E-state index contributed by atoms with van der Waals surface area (Å²) in [5.74, 6) is 6.34. The predicted molar refractivity (Wildman–Crippen MR) is 42.2 cm³/mol. The molecule has 0 atom stereocenters. The molecule has 0 unspecified atom stereocenters. The lowest BCUT2D eigenvalue weighted by Gasteiger charge is -2.11. The summed E-state index contributed by atoms with van der Waals surface area (Å²) in [5, 5.41) is 1.59. The van der Waals surface area contributed by atoms with Gasteiger partial charge in [0, 0.05) is 7.05 Å². The summed E-state index contributed by atoms with van der Waals surface area (Å²) in [6.45, 7) is 2.74. The molecule has 0 aliphatic heterocycles.